The van der Waals surface area contributed by atoms with E-state index in [0.29, 0.717) is 18.9 Å². The van der Waals surface area contributed by atoms with E-state index in [1.807, 2.05) is 32.8 Å². The summed E-state index contributed by atoms with van der Waals surface area (Å²) < 4.78 is 25.1. The summed E-state index contributed by atoms with van der Waals surface area (Å²) in [5, 5.41) is 11.4. The van der Waals surface area contributed by atoms with Gasteiger partial charge in [-0.25, -0.2) is 0 Å². The van der Waals surface area contributed by atoms with Crippen molar-refractivity contribution in [2.45, 2.75) is 123 Å². The van der Waals surface area contributed by atoms with Gasteiger partial charge in [-0.15, -0.1) is 0 Å². The molecule has 3 aliphatic heterocycles. The number of piperazine rings is 1. The van der Waals surface area contributed by atoms with Gasteiger partial charge < -0.3 is 29.0 Å². The number of Topliss-reactive ketones (excluding diaryl/α,β-unsaturated/α-hetero) is 1. The van der Waals surface area contributed by atoms with E-state index in [1.165, 1.54) is 0 Å². The van der Waals surface area contributed by atoms with Crippen molar-refractivity contribution < 1.29 is 33.6 Å². The third kappa shape index (κ3) is 9.28. The van der Waals surface area contributed by atoms with Crippen molar-refractivity contribution in [3.05, 3.63) is 0 Å². The molecule has 0 bridgehead atoms. The van der Waals surface area contributed by atoms with Gasteiger partial charge in [-0.2, -0.15) is 0 Å². The van der Waals surface area contributed by atoms with E-state index in [1.54, 1.807) is 27.9 Å². The Bertz CT molecular complexity index is 988. The highest BCUT2D eigenvalue weighted by Gasteiger charge is 2.51. The Morgan fingerprint density at radius 3 is 2.24 bits per heavy atom. The molecule has 46 heavy (non-hydrogen) atoms. The number of carbonyl (C=O) groups excluding carboxylic acids is 2. The second-order valence-electron chi connectivity index (χ2n) is 15.5. The number of carbonyl (C=O) groups is 2. The molecule has 0 aliphatic carbocycles. The second-order valence-corrected chi connectivity index (χ2v) is 15.5. The summed E-state index contributed by atoms with van der Waals surface area (Å²) in [6.45, 7) is 24.4. The molecule has 9 atom stereocenters. The molecule has 3 aliphatic rings. The molecule has 3 saturated heterocycles. The normalized spacial score (nSPS) is 38.3. The summed E-state index contributed by atoms with van der Waals surface area (Å²) in [7, 11) is 5.52. The van der Waals surface area contributed by atoms with Gasteiger partial charge in [0, 0.05) is 64.4 Å². The van der Waals surface area contributed by atoms with E-state index in [0.717, 1.165) is 45.8 Å². The third-order valence-corrected chi connectivity index (χ3v) is 10.9. The monoisotopic (exact) mass is 654 g/mol. The van der Waals surface area contributed by atoms with Crippen molar-refractivity contribution in [1.82, 2.24) is 19.6 Å². The number of ether oxygens (including phenoxy) is 4. The summed E-state index contributed by atoms with van der Waals surface area (Å²) >= 11 is 0. The lowest BCUT2D eigenvalue weighted by molar-refractivity contribution is -0.295. The molecule has 0 radical (unpaired) electrons. The Labute approximate surface area is 279 Å². The van der Waals surface area contributed by atoms with Crippen LogP contribution in [0, 0.1) is 17.3 Å². The van der Waals surface area contributed by atoms with Gasteiger partial charge in [-0.05, 0) is 80.9 Å². The maximum absolute atomic E-state index is 14.3. The lowest BCUT2D eigenvalue weighted by Crippen LogP contribution is -2.59. The number of aliphatic hydroxyl groups excluding tert-OH is 1. The number of esters is 1. The van der Waals surface area contributed by atoms with Crippen LogP contribution in [0.5, 0.6) is 0 Å². The van der Waals surface area contributed by atoms with Crippen LogP contribution in [-0.2, 0) is 28.5 Å². The van der Waals surface area contributed by atoms with Crippen LogP contribution >= 0.6 is 0 Å². The molecule has 0 aromatic carbocycles. The molecule has 0 amide bonds. The Kier molecular flexibility index (Phi) is 14.1. The number of rotatable bonds is 8. The average molecular weight is 655 g/mol. The summed E-state index contributed by atoms with van der Waals surface area (Å²) in [5.41, 5.74) is -2.33. The van der Waals surface area contributed by atoms with E-state index in [4.69, 9.17) is 18.9 Å². The lowest BCUT2D eigenvalue weighted by Gasteiger charge is -2.47. The van der Waals surface area contributed by atoms with Crippen LogP contribution in [0.2, 0.25) is 0 Å². The first-order valence-electron chi connectivity index (χ1n) is 17.6. The molecule has 0 aromatic heterocycles. The summed E-state index contributed by atoms with van der Waals surface area (Å²) in [6, 6.07) is 0.344. The van der Waals surface area contributed by atoms with Crippen molar-refractivity contribution in [2.24, 2.45) is 17.3 Å². The highest BCUT2D eigenvalue weighted by atomic mass is 16.7. The van der Waals surface area contributed by atoms with Crippen LogP contribution in [0.4, 0.5) is 0 Å². The van der Waals surface area contributed by atoms with Gasteiger partial charge in [-0.1, -0.05) is 20.8 Å². The van der Waals surface area contributed by atoms with E-state index >= 15 is 0 Å². The smallest absolute Gasteiger partial charge is 0.319 e. The minimum Gasteiger partial charge on any atom is -0.463 e. The second kappa shape index (κ2) is 16.5. The van der Waals surface area contributed by atoms with Gasteiger partial charge in [0.25, 0.3) is 0 Å². The van der Waals surface area contributed by atoms with E-state index < -0.39 is 41.4 Å². The fraction of sp³-hybridized carbons (Fsp3) is 0.943. The lowest BCUT2D eigenvalue weighted by atomic mass is 9.74. The SMILES string of the molecule is CCN1C[C@H](C)C[C@@](C)(OC)[C@H](O[C@@H]2O[C@H](C)C[C@H](N(C)C)[C@H]2O)[C@@H](C)C(=O)C(C)(C)C(=O)OC[C@H]1CN1CCN(C(C)C)CC1. The van der Waals surface area contributed by atoms with Crippen LogP contribution in [0.1, 0.15) is 75.2 Å². The van der Waals surface area contributed by atoms with Crippen molar-refractivity contribution in [3.63, 3.8) is 0 Å². The van der Waals surface area contributed by atoms with Gasteiger partial charge in [0.05, 0.1) is 23.9 Å². The van der Waals surface area contributed by atoms with Gasteiger partial charge in [0.2, 0.25) is 0 Å². The Balaban J connectivity index is 1.95. The molecule has 3 rings (SSSR count). The van der Waals surface area contributed by atoms with Gasteiger partial charge in [0.15, 0.2) is 12.1 Å². The van der Waals surface area contributed by atoms with Crippen LogP contribution in [-0.4, -0.2) is 158 Å². The predicted molar refractivity (Wildman–Crippen MR) is 180 cm³/mol. The summed E-state index contributed by atoms with van der Waals surface area (Å²) in [5.74, 6) is -1.40. The minimum absolute atomic E-state index is 0.0119. The molecule has 0 aromatic rings. The number of hydrogen-bond donors (Lipinski definition) is 1. The number of cyclic esters (lactones) is 1. The van der Waals surface area contributed by atoms with E-state index in [2.05, 4.69) is 42.4 Å². The number of nitrogens with zero attached hydrogens (tertiary/aromatic N) is 4. The van der Waals surface area contributed by atoms with Gasteiger partial charge in [0.1, 0.15) is 18.1 Å². The zero-order valence-electron chi connectivity index (χ0n) is 31.0. The van der Waals surface area contributed by atoms with Crippen molar-refractivity contribution >= 4 is 11.8 Å². The van der Waals surface area contributed by atoms with Crippen molar-refractivity contribution in [3.8, 4) is 0 Å². The molecular formula is C35H66N4O7. The molecular weight excluding hydrogens is 588 g/mol. The van der Waals surface area contributed by atoms with Gasteiger partial charge in [-0.3, -0.25) is 24.3 Å². The van der Waals surface area contributed by atoms with Crippen molar-refractivity contribution in [2.75, 3.05) is 73.6 Å². The first-order chi connectivity index (χ1) is 21.4. The molecule has 1 N–H and O–H groups in total. The molecule has 11 nitrogen and oxygen atoms in total. The largest absolute Gasteiger partial charge is 0.463 e. The molecule has 0 saturated carbocycles. The molecule has 11 heteroatoms. The van der Waals surface area contributed by atoms with Crippen LogP contribution in [0.15, 0.2) is 0 Å². The zero-order valence-corrected chi connectivity index (χ0v) is 31.0. The number of hydrogen-bond acceptors (Lipinski definition) is 11. The molecule has 268 valence electrons. The number of ketones is 1. The molecule has 0 unspecified atom stereocenters. The maximum atomic E-state index is 14.3. The Morgan fingerprint density at radius 1 is 1.07 bits per heavy atom. The highest BCUT2D eigenvalue weighted by molar-refractivity contribution is 6.04. The molecule has 3 fully saturated rings. The Morgan fingerprint density at radius 2 is 1.70 bits per heavy atom. The quantitative estimate of drug-likeness (QED) is 0.309. The number of likely N-dealkylation sites (N-methyl/N-ethyl adjacent to an activating group) is 2. The summed E-state index contributed by atoms with van der Waals surface area (Å²) in [4.78, 5) is 37.4. The standard InChI is InChI=1S/C35H66N4O7/c1-13-38-20-24(4)19-35(9,43-12)31(46-32-29(40)28(36(10)11)18-25(5)45-32)26(6)30(41)34(7,8)33(42)44-22-27(38)21-37-14-16-39(17-15-37)23(2)3/h23-29,31-32,40H,13-22H2,1-12H3/t24-,25-,26+,27-,28+,29-,31-,32+,35-/m1/s1. The summed E-state index contributed by atoms with van der Waals surface area (Å²) in [6.07, 6.45) is -1.56. The Hall–Kier alpha value is -1.18. The number of aliphatic hydroxyl groups is 1. The van der Waals surface area contributed by atoms with Crippen LogP contribution < -0.4 is 0 Å². The van der Waals surface area contributed by atoms with Gasteiger partial charge >= 0.3 is 5.97 Å². The van der Waals surface area contributed by atoms with Crippen molar-refractivity contribution in [1.29, 1.82) is 0 Å². The third-order valence-electron chi connectivity index (χ3n) is 10.9. The minimum atomic E-state index is -1.41. The first kappa shape index (κ1) is 39.3. The number of methoxy groups -OCH3 is 1. The predicted octanol–water partition coefficient (Wildman–Crippen LogP) is 2.73. The first-order valence-corrected chi connectivity index (χ1v) is 17.6. The van der Waals surface area contributed by atoms with Crippen LogP contribution in [0.3, 0.4) is 0 Å². The van der Waals surface area contributed by atoms with Crippen LogP contribution in [0.25, 0.3) is 0 Å². The zero-order chi connectivity index (χ0) is 34.6. The van der Waals surface area contributed by atoms with E-state index in [-0.39, 0.29) is 36.5 Å². The topological polar surface area (TPSA) is 104 Å². The highest BCUT2D eigenvalue weighted by Crippen LogP contribution is 2.38. The fourth-order valence-electron chi connectivity index (χ4n) is 7.79. The molecule has 3 heterocycles. The maximum Gasteiger partial charge on any atom is 0.319 e. The van der Waals surface area contributed by atoms with E-state index in [9.17, 15) is 14.7 Å². The average Bonchev–Trinajstić information content (AvgIpc) is 3.00. The fourth-order valence-corrected chi connectivity index (χ4v) is 7.79. The molecule has 0 spiro atoms.